The number of hydrogen-bond acceptors (Lipinski definition) is 3. The molecule has 0 N–H and O–H groups in total. The Morgan fingerprint density at radius 1 is 1.17 bits per heavy atom. The zero-order chi connectivity index (χ0) is 12.8. The topological polar surface area (TPSA) is 27.7 Å². The zero-order valence-electron chi connectivity index (χ0n) is 11.2. The van der Waals surface area contributed by atoms with Crippen LogP contribution in [0.2, 0.25) is 0 Å². The van der Waals surface area contributed by atoms with E-state index in [2.05, 4.69) is 12.1 Å². The van der Waals surface area contributed by atoms with Gasteiger partial charge >= 0.3 is 0 Å². The van der Waals surface area contributed by atoms with E-state index in [0.717, 1.165) is 13.0 Å². The van der Waals surface area contributed by atoms with E-state index < -0.39 is 0 Å². The molecule has 0 saturated carbocycles. The Bertz CT molecular complexity index is 333. The number of rotatable bonds is 6. The first kappa shape index (κ1) is 13.5. The van der Waals surface area contributed by atoms with Gasteiger partial charge < -0.3 is 14.2 Å². The average molecular weight is 250 g/mol. The molecule has 1 aromatic carbocycles. The van der Waals surface area contributed by atoms with Gasteiger partial charge in [-0.25, -0.2) is 0 Å². The van der Waals surface area contributed by atoms with Crippen LogP contribution in [0, 0.1) is 5.92 Å². The molecular weight excluding hydrogens is 228 g/mol. The molecule has 0 radical (unpaired) electrons. The molecule has 100 valence electrons. The van der Waals surface area contributed by atoms with Gasteiger partial charge in [0.05, 0.1) is 6.10 Å². The van der Waals surface area contributed by atoms with Crippen LogP contribution < -0.4 is 0 Å². The minimum absolute atomic E-state index is 0.0919. The first-order valence-corrected chi connectivity index (χ1v) is 6.76. The van der Waals surface area contributed by atoms with Gasteiger partial charge in [0.2, 0.25) is 0 Å². The molecule has 2 atom stereocenters. The summed E-state index contributed by atoms with van der Waals surface area (Å²) >= 11 is 0. The second kappa shape index (κ2) is 6.88. The average Bonchev–Trinajstić information content (AvgIpc) is 2.88. The summed E-state index contributed by atoms with van der Waals surface area (Å²) in [5, 5.41) is 0. The minimum atomic E-state index is -0.160. The number of benzene rings is 1. The van der Waals surface area contributed by atoms with Crippen molar-refractivity contribution in [3.8, 4) is 0 Å². The molecule has 1 aromatic rings. The maximum atomic E-state index is 5.87. The fourth-order valence-corrected chi connectivity index (χ4v) is 2.49. The van der Waals surface area contributed by atoms with E-state index in [-0.39, 0.29) is 18.3 Å². The van der Waals surface area contributed by atoms with Crippen LogP contribution in [0.4, 0.5) is 0 Å². The van der Waals surface area contributed by atoms with E-state index in [1.165, 1.54) is 5.56 Å². The van der Waals surface area contributed by atoms with E-state index in [4.69, 9.17) is 14.2 Å². The van der Waals surface area contributed by atoms with Crippen molar-refractivity contribution in [3.63, 3.8) is 0 Å². The molecule has 0 bridgehead atoms. The van der Waals surface area contributed by atoms with Crippen LogP contribution in [0.5, 0.6) is 0 Å². The predicted octanol–water partition coefficient (Wildman–Crippen LogP) is 3.16. The van der Waals surface area contributed by atoms with Crippen molar-refractivity contribution in [2.45, 2.75) is 32.7 Å². The van der Waals surface area contributed by atoms with Crippen molar-refractivity contribution in [1.29, 1.82) is 0 Å². The number of hydrogen-bond donors (Lipinski definition) is 0. The molecule has 0 aromatic heterocycles. The van der Waals surface area contributed by atoms with Gasteiger partial charge in [-0.1, -0.05) is 30.3 Å². The Morgan fingerprint density at radius 2 is 1.83 bits per heavy atom. The van der Waals surface area contributed by atoms with Gasteiger partial charge in [-0.3, -0.25) is 0 Å². The van der Waals surface area contributed by atoms with Gasteiger partial charge in [-0.2, -0.15) is 0 Å². The maximum Gasteiger partial charge on any atom is 0.163 e. The summed E-state index contributed by atoms with van der Waals surface area (Å²) in [6, 6.07) is 10.3. The molecule has 1 aliphatic rings. The second-order valence-electron chi connectivity index (χ2n) is 4.43. The van der Waals surface area contributed by atoms with Gasteiger partial charge in [0.1, 0.15) is 0 Å². The van der Waals surface area contributed by atoms with Crippen molar-refractivity contribution in [3.05, 3.63) is 35.9 Å². The monoisotopic (exact) mass is 250 g/mol. The van der Waals surface area contributed by atoms with Crippen LogP contribution in [0.25, 0.3) is 0 Å². The van der Waals surface area contributed by atoms with Gasteiger partial charge in [-0.15, -0.1) is 0 Å². The zero-order valence-corrected chi connectivity index (χ0v) is 11.2. The maximum absolute atomic E-state index is 5.87. The van der Waals surface area contributed by atoms with Gasteiger partial charge in [0.15, 0.2) is 6.29 Å². The van der Waals surface area contributed by atoms with Gasteiger partial charge in [0, 0.05) is 25.7 Å². The minimum Gasteiger partial charge on any atom is -0.373 e. The van der Waals surface area contributed by atoms with Crippen LogP contribution in [0.1, 0.15) is 31.9 Å². The Morgan fingerprint density at radius 3 is 2.44 bits per heavy atom. The molecule has 1 fully saturated rings. The second-order valence-corrected chi connectivity index (χ2v) is 4.43. The van der Waals surface area contributed by atoms with Crippen LogP contribution in [-0.2, 0) is 14.2 Å². The summed E-state index contributed by atoms with van der Waals surface area (Å²) < 4.78 is 17.3. The van der Waals surface area contributed by atoms with E-state index in [1.54, 1.807) is 0 Å². The number of ether oxygens (including phenoxy) is 3. The van der Waals surface area contributed by atoms with Crippen LogP contribution in [0.15, 0.2) is 30.3 Å². The highest BCUT2D eigenvalue weighted by Gasteiger charge is 2.36. The molecule has 0 amide bonds. The first-order valence-electron chi connectivity index (χ1n) is 6.76. The third kappa shape index (κ3) is 3.10. The molecule has 1 heterocycles. The molecule has 3 heteroatoms. The molecule has 0 aliphatic carbocycles. The van der Waals surface area contributed by atoms with Crippen molar-refractivity contribution < 1.29 is 14.2 Å². The van der Waals surface area contributed by atoms with E-state index >= 15 is 0 Å². The smallest absolute Gasteiger partial charge is 0.163 e. The lowest BCUT2D eigenvalue weighted by Gasteiger charge is -2.27. The molecule has 2 unspecified atom stereocenters. The van der Waals surface area contributed by atoms with Crippen LogP contribution >= 0.6 is 0 Å². The summed E-state index contributed by atoms with van der Waals surface area (Å²) in [7, 11) is 0. The summed E-state index contributed by atoms with van der Waals surface area (Å²) in [5.74, 6) is 0.285. The van der Waals surface area contributed by atoms with Gasteiger partial charge in [-0.05, 0) is 25.8 Å². The molecule has 18 heavy (non-hydrogen) atoms. The van der Waals surface area contributed by atoms with Crippen LogP contribution in [0.3, 0.4) is 0 Å². The lowest BCUT2D eigenvalue weighted by molar-refractivity contribution is -0.176. The van der Waals surface area contributed by atoms with Crippen molar-refractivity contribution in [2.75, 3.05) is 19.8 Å². The SMILES string of the molecule is CCOC(OCC)C1CCOC1c1ccccc1. The first-order chi connectivity index (χ1) is 8.86. The highest BCUT2D eigenvalue weighted by Crippen LogP contribution is 2.37. The molecular formula is C15H22O3. The summed E-state index contributed by atoms with van der Waals surface area (Å²) in [6.07, 6.45) is 0.923. The fraction of sp³-hybridized carbons (Fsp3) is 0.600. The highest BCUT2D eigenvalue weighted by atomic mass is 16.7. The predicted molar refractivity (Wildman–Crippen MR) is 70.3 cm³/mol. The molecule has 1 aliphatic heterocycles. The lowest BCUT2D eigenvalue weighted by Crippen LogP contribution is -2.29. The fourth-order valence-electron chi connectivity index (χ4n) is 2.49. The third-order valence-corrected chi connectivity index (χ3v) is 3.28. The summed E-state index contributed by atoms with van der Waals surface area (Å²) in [6.45, 7) is 6.12. The van der Waals surface area contributed by atoms with E-state index in [1.807, 2.05) is 32.0 Å². The van der Waals surface area contributed by atoms with Crippen molar-refractivity contribution in [2.24, 2.45) is 5.92 Å². The quantitative estimate of drug-likeness (QED) is 0.726. The van der Waals surface area contributed by atoms with Gasteiger partial charge in [0.25, 0.3) is 0 Å². The van der Waals surface area contributed by atoms with Crippen molar-refractivity contribution >= 4 is 0 Å². The standard InChI is InChI=1S/C15H22O3/c1-3-16-15(17-4-2)13-10-11-18-14(13)12-8-6-5-7-9-12/h5-9,13-15H,3-4,10-11H2,1-2H3. The highest BCUT2D eigenvalue weighted by molar-refractivity contribution is 5.19. The normalized spacial score (nSPS) is 23.7. The lowest BCUT2D eigenvalue weighted by atomic mass is 9.94. The summed E-state index contributed by atoms with van der Waals surface area (Å²) in [5.41, 5.74) is 1.21. The largest absolute Gasteiger partial charge is 0.373 e. The Kier molecular flexibility index (Phi) is 5.17. The Labute approximate surface area is 109 Å². The van der Waals surface area contributed by atoms with Crippen LogP contribution in [-0.4, -0.2) is 26.1 Å². The third-order valence-electron chi connectivity index (χ3n) is 3.28. The molecule has 2 rings (SSSR count). The van der Waals surface area contributed by atoms with E-state index in [9.17, 15) is 0 Å². The Balaban J connectivity index is 2.10. The van der Waals surface area contributed by atoms with E-state index in [0.29, 0.717) is 13.2 Å². The Hall–Kier alpha value is -0.900. The summed E-state index contributed by atoms with van der Waals surface area (Å²) in [4.78, 5) is 0. The van der Waals surface area contributed by atoms with Crippen molar-refractivity contribution in [1.82, 2.24) is 0 Å². The molecule has 0 spiro atoms. The molecule has 3 nitrogen and oxygen atoms in total. The molecule has 1 saturated heterocycles.